The molecule has 7 heteroatoms. The standard InChI is InChI=1S/C15H17N3O3S/c1-9-7-10(9)14(20)16-5-4-13(19)18-15-17-11(8-22-15)12-3-2-6-21-12/h2-3,6,8-10H,4-5,7H2,1H3,(H,16,20)(H,17,18,19)/t9-,10+/m0/s1. The summed E-state index contributed by atoms with van der Waals surface area (Å²) >= 11 is 1.34. The molecule has 2 aromatic heterocycles. The summed E-state index contributed by atoms with van der Waals surface area (Å²) < 4.78 is 5.25. The first-order chi connectivity index (χ1) is 10.6. The number of rotatable bonds is 6. The van der Waals surface area contributed by atoms with E-state index in [-0.39, 0.29) is 24.2 Å². The van der Waals surface area contributed by atoms with E-state index < -0.39 is 0 Å². The molecule has 0 saturated heterocycles. The zero-order valence-electron chi connectivity index (χ0n) is 12.2. The summed E-state index contributed by atoms with van der Waals surface area (Å²) in [5.74, 6) is 1.17. The van der Waals surface area contributed by atoms with Gasteiger partial charge in [-0.1, -0.05) is 6.92 Å². The highest BCUT2D eigenvalue weighted by molar-refractivity contribution is 7.14. The van der Waals surface area contributed by atoms with Crippen molar-refractivity contribution in [3.63, 3.8) is 0 Å². The third kappa shape index (κ3) is 3.54. The summed E-state index contributed by atoms with van der Waals surface area (Å²) in [6, 6.07) is 3.60. The number of anilines is 1. The van der Waals surface area contributed by atoms with Crippen LogP contribution in [0.5, 0.6) is 0 Å². The van der Waals surface area contributed by atoms with E-state index in [9.17, 15) is 9.59 Å². The van der Waals surface area contributed by atoms with Gasteiger partial charge in [-0.3, -0.25) is 9.59 Å². The van der Waals surface area contributed by atoms with Gasteiger partial charge < -0.3 is 15.1 Å². The van der Waals surface area contributed by atoms with Crippen LogP contribution in [0.25, 0.3) is 11.5 Å². The van der Waals surface area contributed by atoms with Crippen molar-refractivity contribution < 1.29 is 14.0 Å². The Bertz CT molecular complexity index is 665. The second-order valence-electron chi connectivity index (χ2n) is 5.42. The second kappa shape index (κ2) is 6.31. The number of carbonyl (C=O) groups excluding carboxylic acids is 2. The molecule has 116 valence electrons. The van der Waals surface area contributed by atoms with Crippen LogP contribution < -0.4 is 10.6 Å². The molecule has 2 heterocycles. The molecule has 0 radical (unpaired) electrons. The fourth-order valence-electron chi connectivity index (χ4n) is 2.17. The van der Waals surface area contributed by atoms with E-state index in [1.807, 2.05) is 11.4 Å². The van der Waals surface area contributed by atoms with Gasteiger partial charge in [-0.15, -0.1) is 11.3 Å². The summed E-state index contributed by atoms with van der Waals surface area (Å²) in [4.78, 5) is 27.7. The lowest BCUT2D eigenvalue weighted by molar-refractivity contribution is -0.122. The van der Waals surface area contributed by atoms with Gasteiger partial charge in [-0.2, -0.15) is 0 Å². The minimum absolute atomic E-state index is 0.0506. The van der Waals surface area contributed by atoms with E-state index in [0.717, 1.165) is 6.42 Å². The van der Waals surface area contributed by atoms with Crippen molar-refractivity contribution in [3.05, 3.63) is 23.8 Å². The van der Waals surface area contributed by atoms with Crippen LogP contribution in [0.2, 0.25) is 0 Å². The van der Waals surface area contributed by atoms with Gasteiger partial charge in [0.1, 0.15) is 5.69 Å². The lowest BCUT2D eigenvalue weighted by atomic mass is 10.3. The fourth-order valence-corrected chi connectivity index (χ4v) is 2.88. The maximum absolute atomic E-state index is 11.8. The summed E-state index contributed by atoms with van der Waals surface area (Å²) in [7, 11) is 0. The van der Waals surface area contributed by atoms with Gasteiger partial charge in [0, 0.05) is 24.3 Å². The summed E-state index contributed by atoms with van der Waals surface area (Å²) in [5, 5.41) is 7.87. The molecule has 3 rings (SSSR count). The van der Waals surface area contributed by atoms with E-state index in [1.54, 1.807) is 12.3 Å². The molecule has 2 amide bonds. The molecule has 1 aliphatic carbocycles. The van der Waals surface area contributed by atoms with Crippen molar-refractivity contribution in [1.29, 1.82) is 0 Å². The summed E-state index contributed by atoms with van der Waals surface area (Å²) in [6.45, 7) is 2.40. The number of hydrogen-bond donors (Lipinski definition) is 2. The highest BCUT2D eigenvalue weighted by Crippen LogP contribution is 2.37. The molecule has 1 fully saturated rings. The van der Waals surface area contributed by atoms with Crippen molar-refractivity contribution >= 4 is 28.3 Å². The Kier molecular flexibility index (Phi) is 4.24. The van der Waals surface area contributed by atoms with Gasteiger partial charge in [0.15, 0.2) is 10.9 Å². The fraction of sp³-hybridized carbons (Fsp3) is 0.400. The Labute approximate surface area is 131 Å². The van der Waals surface area contributed by atoms with Crippen LogP contribution in [-0.2, 0) is 9.59 Å². The zero-order valence-corrected chi connectivity index (χ0v) is 13.0. The Hall–Kier alpha value is -2.15. The van der Waals surface area contributed by atoms with Crippen LogP contribution in [0.1, 0.15) is 19.8 Å². The van der Waals surface area contributed by atoms with Crippen molar-refractivity contribution in [1.82, 2.24) is 10.3 Å². The quantitative estimate of drug-likeness (QED) is 0.857. The van der Waals surface area contributed by atoms with Gasteiger partial charge in [0.2, 0.25) is 11.8 Å². The molecule has 2 N–H and O–H groups in total. The number of hydrogen-bond acceptors (Lipinski definition) is 5. The zero-order chi connectivity index (χ0) is 15.5. The van der Waals surface area contributed by atoms with Crippen LogP contribution in [0.3, 0.4) is 0 Å². The van der Waals surface area contributed by atoms with Gasteiger partial charge in [-0.25, -0.2) is 4.98 Å². The minimum Gasteiger partial charge on any atom is -0.463 e. The SMILES string of the molecule is C[C@H]1C[C@H]1C(=O)NCCC(=O)Nc1nc(-c2ccco2)cs1. The van der Waals surface area contributed by atoms with E-state index >= 15 is 0 Å². The first-order valence-corrected chi connectivity index (χ1v) is 8.08. The highest BCUT2D eigenvalue weighted by atomic mass is 32.1. The van der Waals surface area contributed by atoms with Gasteiger partial charge in [0.25, 0.3) is 0 Å². The Morgan fingerprint density at radius 1 is 1.50 bits per heavy atom. The van der Waals surface area contributed by atoms with Crippen LogP contribution in [0.15, 0.2) is 28.2 Å². The van der Waals surface area contributed by atoms with Gasteiger partial charge in [0.05, 0.1) is 6.26 Å². The number of carbonyl (C=O) groups is 2. The van der Waals surface area contributed by atoms with Crippen molar-refractivity contribution in [2.45, 2.75) is 19.8 Å². The minimum atomic E-state index is -0.163. The Morgan fingerprint density at radius 2 is 2.32 bits per heavy atom. The van der Waals surface area contributed by atoms with Crippen molar-refractivity contribution in [3.8, 4) is 11.5 Å². The number of amides is 2. The lowest BCUT2D eigenvalue weighted by Crippen LogP contribution is -2.29. The van der Waals surface area contributed by atoms with Gasteiger partial charge >= 0.3 is 0 Å². The third-order valence-electron chi connectivity index (χ3n) is 3.62. The van der Waals surface area contributed by atoms with E-state index in [2.05, 4.69) is 22.5 Å². The van der Waals surface area contributed by atoms with Crippen LogP contribution in [-0.4, -0.2) is 23.3 Å². The van der Waals surface area contributed by atoms with Crippen LogP contribution in [0.4, 0.5) is 5.13 Å². The highest BCUT2D eigenvalue weighted by Gasteiger charge is 2.38. The maximum atomic E-state index is 11.8. The number of nitrogens with zero attached hydrogens (tertiary/aromatic N) is 1. The molecule has 2 atom stereocenters. The first-order valence-electron chi connectivity index (χ1n) is 7.20. The number of thiazole rings is 1. The van der Waals surface area contributed by atoms with E-state index in [4.69, 9.17) is 4.42 Å². The van der Waals surface area contributed by atoms with Crippen molar-refractivity contribution in [2.75, 3.05) is 11.9 Å². The largest absolute Gasteiger partial charge is 0.463 e. The molecule has 1 saturated carbocycles. The Balaban J connectivity index is 1.43. The normalized spacial score (nSPS) is 19.7. The predicted octanol–water partition coefficient (Wildman–Crippen LogP) is 2.50. The number of aromatic nitrogens is 1. The molecule has 1 aliphatic rings. The monoisotopic (exact) mass is 319 g/mol. The topological polar surface area (TPSA) is 84.2 Å². The van der Waals surface area contributed by atoms with Crippen molar-refractivity contribution in [2.24, 2.45) is 11.8 Å². The van der Waals surface area contributed by atoms with Crippen LogP contribution >= 0.6 is 11.3 Å². The molecule has 6 nitrogen and oxygen atoms in total. The average Bonchev–Trinajstić information content (AvgIpc) is 2.93. The predicted molar refractivity (Wildman–Crippen MR) is 83.3 cm³/mol. The average molecular weight is 319 g/mol. The van der Waals surface area contributed by atoms with E-state index in [0.29, 0.717) is 29.0 Å². The second-order valence-corrected chi connectivity index (χ2v) is 6.28. The molecule has 2 aromatic rings. The molecule has 0 bridgehead atoms. The van der Waals surface area contributed by atoms with Gasteiger partial charge in [-0.05, 0) is 24.5 Å². The molecule has 0 aliphatic heterocycles. The molecule has 0 aromatic carbocycles. The summed E-state index contributed by atoms with van der Waals surface area (Å²) in [5.41, 5.74) is 0.696. The van der Waals surface area contributed by atoms with Crippen LogP contribution in [0, 0.1) is 11.8 Å². The molecule has 22 heavy (non-hydrogen) atoms. The number of nitrogens with one attached hydrogen (secondary N) is 2. The molecular weight excluding hydrogens is 302 g/mol. The Morgan fingerprint density at radius 3 is 3.00 bits per heavy atom. The maximum Gasteiger partial charge on any atom is 0.227 e. The van der Waals surface area contributed by atoms with E-state index in [1.165, 1.54) is 11.3 Å². The summed E-state index contributed by atoms with van der Waals surface area (Å²) in [6.07, 6.45) is 2.77. The smallest absolute Gasteiger partial charge is 0.227 e. The lowest BCUT2D eigenvalue weighted by Gasteiger charge is -2.04. The molecular formula is C15H17N3O3S. The third-order valence-corrected chi connectivity index (χ3v) is 4.38. The number of furan rings is 1. The molecule has 0 unspecified atom stereocenters. The first kappa shape index (κ1) is 14.8. The molecule has 0 spiro atoms.